The van der Waals surface area contributed by atoms with Crippen molar-refractivity contribution < 1.29 is 17.7 Å². The third-order valence-corrected chi connectivity index (χ3v) is 2.22. The Morgan fingerprint density at radius 3 is 2.38 bits per heavy atom. The fourth-order valence-corrected chi connectivity index (χ4v) is 1.29. The van der Waals surface area contributed by atoms with Gasteiger partial charge >= 0.3 is 6.98 Å². The van der Waals surface area contributed by atoms with Gasteiger partial charge in [-0.25, -0.2) is 0 Å². The van der Waals surface area contributed by atoms with Gasteiger partial charge < -0.3 is 17.7 Å². The molecule has 1 nitrogen and oxygen atoms in total. The molecule has 1 aromatic carbocycles. The molecule has 16 heavy (non-hydrogen) atoms. The van der Waals surface area contributed by atoms with Gasteiger partial charge in [0.25, 0.3) is 0 Å². The maximum atomic E-state index is 12.6. The van der Waals surface area contributed by atoms with Crippen LogP contribution in [0, 0.1) is 5.92 Å². The second-order valence-corrected chi connectivity index (χ2v) is 4.14. The van der Waals surface area contributed by atoms with Crippen LogP contribution in [0.2, 0.25) is 0 Å². The summed E-state index contributed by atoms with van der Waals surface area (Å²) in [6, 6.07) is 5.35. The maximum Gasteiger partial charge on any atom is 0.513 e. The van der Waals surface area contributed by atoms with Crippen LogP contribution in [0.25, 0.3) is 0 Å². The molecule has 0 unspecified atom stereocenters. The summed E-state index contributed by atoms with van der Waals surface area (Å²) in [6.07, 6.45) is 0.749. The molecule has 0 aromatic heterocycles. The normalized spacial score (nSPS) is 11.9. The zero-order chi connectivity index (χ0) is 12.2. The SMILES string of the molecule is CC(C)CCOc1ccccc1[B-](F)(F)F. The number of hydrogen-bond acceptors (Lipinski definition) is 1. The largest absolute Gasteiger partial charge is 0.513 e. The summed E-state index contributed by atoms with van der Waals surface area (Å²) in [5, 5.41) is 0. The predicted octanol–water partition coefficient (Wildman–Crippen LogP) is 3.17. The van der Waals surface area contributed by atoms with E-state index >= 15 is 0 Å². The van der Waals surface area contributed by atoms with Gasteiger partial charge in [0.15, 0.2) is 0 Å². The van der Waals surface area contributed by atoms with Crippen LogP contribution in [0.3, 0.4) is 0 Å². The van der Waals surface area contributed by atoms with E-state index in [1.165, 1.54) is 12.1 Å². The Hall–Kier alpha value is -1.13. The highest BCUT2D eigenvalue weighted by Crippen LogP contribution is 2.17. The molecular weight excluding hydrogens is 216 g/mol. The first-order valence-electron chi connectivity index (χ1n) is 5.33. The zero-order valence-electron chi connectivity index (χ0n) is 9.42. The molecule has 0 saturated heterocycles. The fraction of sp³-hybridized carbons (Fsp3) is 0.455. The van der Waals surface area contributed by atoms with E-state index in [-0.39, 0.29) is 5.75 Å². The van der Waals surface area contributed by atoms with Crippen molar-refractivity contribution in [3.8, 4) is 5.75 Å². The van der Waals surface area contributed by atoms with Crippen molar-refractivity contribution in [2.75, 3.05) is 6.61 Å². The highest BCUT2D eigenvalue weighted by atomic mass is 19.4. The average molecular weight is 231 g/mol. The van der Waals surface area contributed by atoms with Gasteiger partial charge in [0.1, 0.15) is 0 Å². The van der Waals surface area contributed by atoms with E-state index in [4.69, 9.17) is 4.74 Å². The summed E-state index contributed by atoms with van der Waals surface area (Å²) >= 11 is 0. The van der Waals surface area contributed by atoms with E-state index in [0.29, 0.717) is 12.5 Å². The Morgan fingerprint density at radius 1 is 1.19 bits per heavy atom. The smallest absolute Gasteiger partial charge is 0.497 e. The van der Waals surface area contributed by atoms with Gasteiger partial charge in [-0.2, -0.15) is 0 Å². The Bertz CT molecular complexity index is 336. The lowest BCUT2D eigenvalue weighted by Crippen LogP contribution is -2.35. The van der Waals surface area contributed by atoms with Gasteiger partial charge in [-0.05, 0) is 18.4 Å². The molecule has 0 spiro atoms. The van der Waals surface area contributed by atoms with Crippen LogP contribution in [0.15, 0.2) is 24.3 Å². The van der Waals surface area contributed by atoms with Crippen molar-refractivity contribution in [3.05, 3.63) is 24.3 Å². The van der Waals surface area contributed by atoms with E-state index in [1.54, 1.807) is 6.07 Å². The molecule has 0 saturated carbocycles. The van der Waals surface area contributed by atoms with E-state index in [0.717, 1.165) is 12.5 Å². The summed E-state index contributed by atoms with van der Waals surface area (Å²) in [6.45, 7) is -0.669. The highest BCUT2D eigenvalue weighted by molar-refractivity contribution is 6.74. The van der Waals surface area contributed by atoms with Crippen molar-refractivity contribution in [3.63, 3.8) is 0 Å². The van der Waals surface area contributed by atoms with Crippen LogP contribution < -0.4 is 10.2 Å². The molecule has 0 amide bonds. The van der Waals surface area contributed by atoms with Crippen molar-refractivity contribution in [2.24, 2.45) is 5.92 Å². The van der Waals surface area contributed by atoms with Crippen LogP contribution in [0.4, 0.5) is 12.9 Å². The molecule has 90 valence electrons. The minimum atomic E-state index is -5.00. The number of ether oxygens (including phenoxy) is 1. The van der Waals surface area contributed by atoms with E-state index in [2.05, 4.69) is 0 Å². The second-order valence-electron chi connectivity index (χ2n) is 4.14. The molecule has 0 bridgehead atoms. The van der Waals surface area contributed by atoms with Gasteiger partial charge in [0, 0.05) is 0 Å². The average Bonchev–Trinajstić information content (AvgIpc) is 2.16. The minimum absolute atomic E-state index is 0.0596. The molecule has 0 atom stereocenters. The molecule has 0 aliphatic heterocycles. The molecule has 0 radical (unpaired) electrons. The van der Waals surface area contributed by atoms with Gasteiger partial charge in [-0.3, -0.25) is 0 Å². The Labute approximate surface area is 93.7 Å². The molecule has 1 aromatic rings. The van der Waals surface area contributed by atoms with Gasteiger partial charge in [0.2, 0.25) is 0 Å². The number of halogens is 3. The first-order valence-corrected chi connectivity index (χ1v) is 5.33. The van der Waals surface area contributed by atoms with Gasteiger partial charge in [-0.1, -0.05) is 37.5 Å². The maximum absolute atomic E-state index is 12.6. The third kappa shape index (κ3) is 3.79. The lowest BCUT2D eigenvalue weighted by atomic mass is 9.79. The summed E-state index contributed by atoms with van der Waals surface area (Å²) in [4.78, 5) is 0. The molecule has 0 N–H and O–H groups in total. The lowest BCUT2D eigenvalue weighted by molar-refractivity contribution is 0.290. The number of para-hydroxylation sites is 1. The monoisotopic (exact) mass is 231 g/mol. The molecular formula is C11H15BF3O-. The summed E-state index contributed by atoms with van der Waals surface area (Å²) in [5.74, 6) is 0.360. The van der Waals surface area contributed by atoms with E-state index in [9.17, 15) is 12.9 Å². The fourth-order valence-electron chi connectivity index (χ4n) is 1.29. The van der Waals surface area contributed by atoms with Crippen molar-refractivity contribution in [2.45, 2.75) is 20.3 Å². The first-order chi connectivity index (χ1) is 7.41. The van der Waals surface area contributed by atoms with E-state index in [1.807, 2.05) is 13.8 Å². The summed E-state index contributed by atoms with van der Waals surface area (Å²) in [5.41, 5.74) is -0.647. The molecule has 5 heteroatoms. The number of hydrogen-bond donors (Lipinski definition) is 0. The van der Waals surface area contributed by atoms with Crippen molar-refractivity contribution in [1.29, 1.82) is 0 Å². The van der Waals surface area contributed by atoms with Crippen molar-refractivity contribution >= 4 is 12.4 Å². The van der Waals surface area contributed by atoms with Crippen LogP contribution in [0.5, 0.6) is 5.75 Å². The topological polar surface area (TPSA) is 9.23 Å². The van der Waals surface area contributed by atoms with Gasteiger partial charge in [-0.15, -0.1) is 0 Å². The summed E-state index contributed by atoms with van der Waals surface area (Å²) < 4.78 is 43.0. The number of benzene rings is 1. The predicted molar refractivity (Wildman–Crippen MR) is 60.1 cm³/mol. The van der Waals surface area contributed by atoms with E-state index < -0.39 is 12.4 Å². The lowest BCUT2D eigenvalue weighted by Gasteiger charge is -2.19. The third-order valence-electron chi connectivity index (χ3n) is 2.22. The summed E-state index contributed by atoms with van der Waals surface area (Å²) in [7, 11) is 0. The molecule has 0 aliphatic carbocycles. The Morgan fingerprint density at radius 2 is 1.81 bits per heavy atom. The van der Waals surface area contributed by atoms with Crippen LogP contribution >= 0.6 is 0 Å². The van der Waals surface area contributed by atoms with Gasteiger partial charge in [0.05, 0.1) is 12.4 Å². The first kappa shape index (κ1) is 12.9. The molecule has 1 rings (SSSR count). The quantitative estimate of drug-likeness (QED) is 0.707. The van der Waals surface area contributed by atoms with Crippen LogP contribution in [-0.2, 0) is 0 Å². The minimum Gasteiger partial charge on any atom is -0.497 e. The molecule has 0 fully saturated rings. The Balaban J connectivity index is 2.72. The molecule has 0 heterocycles. The zero-order valence-corrected chi connectivity index (χ0v) is 9.42. The second kappa shape index (κ2) is 5.28. The number of rotatable bonds is 5. The standard InChI is InChI=1S/C11H15BF3O/c1-9(2)7-8-16-11-6-4-3-5-10(11)12(13,14)15/h3-6,9H,7-8H2,1-2H3/q-1. The van der Waals surface area contributed by atoms with Crippen LogP contribution in [0.1, 0.15) is 20.3 Å². The highest BCUT2D eigenvalue weighted by Gasteiger charge is 2.28. The molecule has 0 aliphatic rings. The van der Waals surface area contributed by atoms with Crippen LogP contribution in [-0.4, -0.2) is 13.6 Å². The Kier molecular flexibility index (Phi) is 4.27. The van der Waals surface area contributed by atoms with Crippen molar-refractivity contribution in [1.82, 2.24) is 0 Å².